The molecule has 4 heterocycles. The summed E-state index contributed by atoms with van der Waals surface area (Å²) >= 11 is 1.93. The standard InChI is InChI=1S/C49H80IN5O34P2/c1-17(82-48-41(37(67)31(61)24(13-56)84-48)88-46-39(69)35(65)33(63)26(86-46)15-80-90(74,75)76)29(43(51)71)55-44(72)22(6-4-5-11-52-28(60)10-8-20-7-9-23(59)21(50)12-20)54-45(73)30(53-19(3)58)18(2)83-49-42(38(68)32(62)25(14-57)85-49)89-47-40(70)36(66)34(64)27(87-47)16-81-91(77,78)79/h7,9,12,17-18,22,24-27,29-42,46-49,56-57,59,61-70H,4-6,8,10-11,13-16H2,1-3H3,(H2,51,71)(H,52,60)(H,53,58)(H,54,73)(H,55,72)(H2,74,75,76)(H2,77,78,79)/t17?,18?,22-,24+,25+,26+,27+,29-,30-,31+,32+,33+,34+,35-,36-,37-,38-,39-,40-,41-,42-,46?,47?,48-,49-/m0/s1/i50-4. The van der Waals surface area contributed by atoms with Gasteiger partial charge in [-0.1, -0.05) is 6.07 Å². The van der Waals surface area contributed by atoms with Crippen LogP contribution in [0.1, 0.15) is 52.0 Å². The van der Waals surface area contributed by atoms with Crippen LogP contribution in [0.15, 0.2) is 18.2 Å². The van der Waals surface area contributed by atoms with Crippen LogP contribution in [0.25, 0.3) is 0 Å². The average Bonchev–Trinajstić information content (AvgIpc) is 0.895. The van der Waals surface area contributed by atoms with Crippen molar-refractivity contribution in [3.63, 3.8) is 0 Å². The summed E-state index contributed by atoms with van der Waals surface area (Å²) in [5.41, 5.74) is 6.53. The van der Waals surface area contributed by atoms with Gasteiger partial charge in [0, 0.05) is 19.9 Å². The molecule has 0 bridgehead atoms. The van der Waals surface area contributed by atoms with Gasteiger partial charge in [-0.05, 0) is 79.8 Å². The maximum atomic E-state index is 14.6. The number of hydrogen-bond acceptors (Lipinski definition) is 30. The minimum atomic E-state index is -5.22. The molecule has 5 rings (SSSR count). The van der Waals surface area contributed by atoms with E-state index in [2.05, 4.69) is 30.3 Å². The molecule has 522 valence electrons. The van der Waals surface area contributed by atoms with Gasteiger partial charge in [0.1, 0.15) is 122 Å². The second-order valence-corrected chi connectivity index (χ2v) is 25.3. The highest BCUT2D eigenvalue weighted by Crippen LogP contribution is 2.39. The number of rotatable bonds is 32. The number of aliphatic hydroxyl groups is 12. The first-order chi connectivity index (χ1) is 42.5. The molecule has 5 amide bonds. The van der Waals surface area contributed by atoms with E-state index in [1.807, 2.05) is 22.6 Å². The van der Waals surface area contributed by atoms with Gasteiger partial charge in [0.15, 0.2) is 25.2 Å². The smallest absolute Gasteiger partial charge is 0.469 e. The Morgan fingerprint density at radius 3 is 1.48 bits per heavy atom. The van der Waals surface area contributed by atoms with Crippen LogP contribution in [0, 0.1) is 3.57 Å². The maximum absolute atomic E-state index is 14.6. The van der Waals surface area contributed by atoms with Gasteiger partial charge in [-0.2, -0.15) is 0 Å². The number of aliphatic hydroxyl groups excluding tert-OH is 12. The minimum absolute atomic E-state index is 0.00540. The number of aryl methyl sites for hydroxylation is 1. The van der Waals surface area contributed by atoms with E-state index in [-0.39, 0.29) is 43.9 Å². The van der Waals surface area contributed by atoms with Gasteiger partial charge < -0.3 is 151 Å². The number of hydrogen-bond donors (Lipinski definition) is 22. The molecule has 25 atom stereocenters. The van der Waals surface area contributed by atoms with Crippen molar-refractivity contribution < 1.29 is 166 Å². The van der Waals surface area contributed by atoms with E-state index >= 15 is 0 Å². The van der Waals surface area contributed by atoms with Crippen LogP contribution in [0.3, 0.4) is 0 Å². The molecule has 91 heavy (non-hydrogen) atoms. The number of amides is 5. The molecule has 1 aromatic rings. The summed E-state index contributed by atoms with van der Waals surface area (Å²) in [7, 11) is -10.4. The predicted molar refractivity (Wildman–Crippen MR) is 302 cm³/mol. The Balaban J connectivity index is 1.39. The molecule has 39 nitrogen and oxygen atoms in total. The summed E-state index contributed by atoms with van der Waals surface area (Å²) in [6.45, 7) is -0.985. The third-order valence-corrected chi connectivity index (χ3v) is 16.6. The predicted octanol–water partition coefficient (Wildman–Crippen LogP) is -9.53. The molecule has 0 aromatic heterocycles. The van der Waals surface area contributed by atoms with E-state index in [1.54, 1.807) is 12.1 Å². The first-order valence-corrected chi connectivity index (χ1v) is 32.2. The average molecular weight is 1470 g/mol. The fourth-order valence-corrected chi connectivity index (χ4v) is 11.0. The van der Waals surface area contributed by atoms with Crippen LogP contribution in [0.2, 0.25) is 0 Å². The second-order valence-electron chi connectivity index (χ2n) is 21.7. The number of carbonyl (C=O) groups is 5. The summed E-state index contributed by atoms with van der Waals surface area (Å²) in [5, 5.41) is 148. The SMILES string of the molecule is CC(=O)N[C@H](C(=O)N[C@@H](CCCCNC(=O)CCc1ccc(O)c([123I])c1)C(=O)N[C@H](C(N)=O)C(C)O[C@H]1O[C@H](CO)[C@@H](O)[C@H](O)[C@@H]1OC1O[C@H](COP(=O)(O)O)[C@@H](O)[C@H](O)[C@@H]1O)C(C)O[C@H]1O[C@H](CO)[C@@H](O)[C@H](O)[C@@H]1OC1O[C@H](COP(=O)(O)O)[C@@H](O)[C@H](O)[C@@H]1O. The Morgan fingerprint density at radius 1 is 0.604 bits per heavy atom. The molecule has 4 unspecified atom stereocenters. The number of phenols is 1. The number of primary amides is 1. The number of unbranched alkanes of at least 4 members (excludes halogenated alkanes) is 1. The molecule has 4 saturated heterocycles. The zero-order valence-corrected chi connectivity index (χ0v) is 52.6. The van der Waals surface area contributed by atoms with E-state index in [1.165, 1.54) is 6.07 Å². The summed E-state index contributed by atoms with van der Waals surface area (Å²) < 4.78 is 77.6. The Bertz CT molecular complexity index is 2650. The fraction of sp³-hybridized carbons (Fsp3) is 0.776. The lowest BCUT2D eigenvalue weighted by atomic mass is 9.97. The summed E-state index contributed by atoms with van der Waals surface area (Å²) in [6, 6.07) is -0.831. The Hall–Kier alpha value is -3.48. The lowest BCUT2D eigenvalue weighted by molar-refractivity contribution is -0.371. The lowest BCUT2D eigenvalue weighted by Crippen LogP contribution is -2.66. The first kappa shape index (κ1) is 78.2. The Morgan fingerprint density at radius 2 is 1.05 bits per heavy atom. The maximum Gasteiger partial charge on any atom is 0.469 e. The number of aromatic hydroxyl groups is 1. The van der Waals surface area contributed by atoms with E-state index in [4.69, 9.17) is 43.6 Å². The van der Waals surface area contributed by atoms with E-state index in [9.17, 15) is 119 Å². The number of ether oxygens (including phenoxy) is 8. The van der Waals surface area contributed by atoms with Crippen LogP contribution >= 0.6 is 38.2 Å². The van der Waals surface area contributed by atoms with Gasteiger partial charge in [-0.3, -0.25) is 33.0 Å². The molecule has 0 saturated carbocycles. The second kappa shape index (κ2) is 35.0. The number of nitrogens with one attached hydrogen (secondary N) is 4. The molecule has 1 aromatic carbocycles. The van der Waals surface area contributed by atoms with Crippen molar-refractivity contribution in [1.82, 2.24) is 21.3 Å². The molecule has 42 heteroatoms. The third-order valence-electron chi connectivity index (χ3n) is 14.8. The largest absolute Gasteiger partial charge is 0.507 e. The molecule has 4 fully saturated rings. The van der Waals surface area contributed by atoms with E-state index < -0.39 is 219 Å². The summed E-state index contributed by atoms with van der Waals surface area (Å²) in [6.07, 6.45) is -44.1. The highest BCUT2D eigenvalue weighted by atomic mass is 123. The van der Waals surface area contributed by atoms with Gasteiger partial charge in [-0.25, -0.2) is 9.13 Å². The first-order valence-electron chi connectivity index (χ1n) is 28.0. The van der Waals surface area contributed by atoms with Crippen LogP contribution in [-0.4, -0.2) is 302 Å². The van der Waals surface area contributed by atoms with E-state index in [0.717, 1.165) is 26.3 Å². The van der Waals surface area contributed by atoms with Crippen molar-refractivity contribution in [2.45, 2.75) is 206 Å². The van der Waals surface area contributed by atoms with Crippen LogP contribution in [0.4, 0.5) is 0 Å². The molecule has 23 N–H and O–H groups in total. The molecule has 0 radical (unpaired) electrons. The van der Waals surface area contributed by atoms with Gasteiger partial charge in [0.05, 0.1) is 42.2 Å². The van der Waals surface area contributed by atoms with E-state index in [0.29, 0.717) is 9.99 Å². The number of phosphoric ester groups is 2. The molecule has 0 aliphatic carbocycles. The van der Waals surface area contributed by atoms with Crippen molar-refractivity contribution in [2.24, 2.45) is 5.73 Å². The normalized spacial score (nSPS) is 34.0. The number of phenolic OH excluding ortho intramolecular Hbond substituents is 1. The monoisotopic (exact) mass is 1470 g/mol. The van der Waals surface area contributed by atoms with Gasteiger partial charge >= 0.3 is 15.6 Å². The number of halogens is 1. The molecule has 0 spiro atoms. The van der Waals surface area contributed by atoms with Crippen molar-refractivity contribution in [1.29, 1.82) is 0 Å². The van der Waals surface area contributed by atoms with Crippen molar-refractivity contribution in [2.75, 3.05) is 33.0 Å². The van der Waals surface area contributed by atoms with Crippen LogP contribution in [0.5, 0.6) is 5.75 Å². The highest BCUT2D eigenvalue weighted by Gasteiger charge is 2.54. The zero-order valence-electron chi connectivity index (χ0n) is 48.6. The number of benzene rings is 1. The van der Waals surface area contributed by atoms with Crippen LogP contribution < -0.4 is 27.0 Å². The molecule has 4 aliphatic rings. The third kappa shape index (κ3) is 22.3. The molecular weight excluding hydrogens is 1390 g/mol. The van der Waals surface area contributed by atoms with Crippen molar-refractivity contribution in [3.8, 4) is 5.75 Å². The number of carbonyl (C=O) groups excluding carboxylic acids is 5. The Kier molecular flexibility index (Phi) is 30.1. The molecule has 4 aliphatic heterocycles. The fourth-order valence-electron chi connectivity index (χ4n) is 9.76. The van der Waals surface area contributed by atoms with Crippen LogP contribution in [-0.2, 0) is 86.5 Å². The highest BCUT2D eigenvalue weighted by molar-refractivity contribution is 14.1. The lowest BCUT2D eigenvalue weighted by Gasteiger charge is -2.46. The zero-order chi connectivity index (χ0) is 68.1. The van der Waals surface area contributed by atoms with Gasteiger partial charge in [-0.15, -0.1) is 0 Å². The Labute approximate surface area is 530 Å². The summed E-state index contributed by atoms with van der Waals surface area (Å²) in [5.74, 6) is -5.03. The quantitative estimate of drug-likeness (QED) is 0.0181. The van der Waals surface area contributed by atoms with Gasteiger partial charge in [0.25, 0.3) is 0 Å². The molecular formula is C49H80IN5O34P2. The van der Waals surface area contributed by atoms with Gasteiger partial charge in [0.2, 0.25) is 29.5 Å². The number of phosphoric acid groups is 2. The topological polar surface area (TPSA) is 630 Å². The van der Waals surface area contributed by atoms with Crippen molar-refractivity contribution in [3.05, 3.63) is 27.3 Å². The minimum Gasteiger partial charge on any atom is -0.507 e. The van der Waals surface area contributed by atoms with Crippen molar-refractivity contribution >= 4 is 67.8 Å². The number of nitrogens with two attached hydrogens (primary N) is 1. The summed E-state index contributed by atoms with van der Waals surface area (Å²) in [4.78, 5) is 105.